The second-order valence-corrected chi connectivity index (χ2v) is 10.9. The number of benzene rings is 2. The predicted molar refractivity (Wildman–Crippen MR) is 144 cm³/mol. The molecule has 2 heterocycles. The lowest BCUT2D eigenvalue weighted by atomic mass is 9.56. The highest BCUT2D eigenvalue weighted by atomic mass is 32.2. The van der Waals surface area contributed by atoms with Crippen molar-refractivity contribution in [1.82, 2.24) is 14.9 Å². The minimum atomic E-state index is -4.35. The van der Waals surface area contributed by atoms with Crippen molar-refractivity contribution in [3.63, 3.8) is 0 Å². The minimum absolute atomic E-state index is 0.0943. The van der Waals surface area contributed by atoms with E-state index >= 15 is 4.39 Å². The Bertz CT molecular complexity index is 1370. The van der Waals surface area contributed by atoms with Crippen molar-refractivity contribution in [2.45, 2.75) is 30.1 Å². The van der Waals surface area contributed by atoms with Gasteiger partial charge in [0.1, 0.15) is 12.1 Å². The van der Waals surface area contributed by atoms with Crippen LogP contribution >= 0.6 is 0 Å². The van der Waals surface area contributed by atoms with Crippen LogP contribution in [0.5, 0.6) is 11.5 Å². The summed E-state index contributed by atoms with van der Waals surface area (Å²) in [7, 11) is 13.0. The van der Waals surface area contributed by atoms with Crippen LogP contribution in [0.15, 0.2) is 36.7 Å². The summed E-state index contributed by atoms with van der Waals surface area (Å²) in [4.78, 5) is 11.0. The maximum absolute atomic E-state index is 15.1. The number of sulfonamides is 1. The minimum Gasteiger partial charge on any atom is -0.493 e. The van der Waals surface area contributed by atoms with Crippen molar-refractivity contribution in [3.8, 4) is 22.8 Å². The van der Waals surface area contributed by atoms with Crippen LogP contribution in [-0.4, -0.2) is 84.6 Å². The summed E-state index contributed by atoms with van der Waals surface area (Å²) in [5.41, 5.74) is 0.883. The van der Waals surface area contributed by atoms with E-state index in [1.165, 1.54) is 44.8 Å². The van der Waals surface area contributed by atoms with E-state index in [0.29, 0.717) is 34.7 Å². The quantitative estimate of drug-likeness (QED) is 0.326. The average molecular weight is 518 g/mol. The predicted octanol–water partition coefficient (Wildman–Crippen LogP) is 2.56. The first-order chi connectivity index (χ1) is 17.6. The molecule has 0 spiro atoms. The summed E-state index contributed by atoms with van der Waals surface area (Å²) in [6, 6.07) is 7.17. The van der Waals surface area contributed by atoms with Gasteiger partial charge in [-0.1, -0.05) is 6.42 Å². The molecule has 0 saturated carbocycles. The zero-order valence-corrected chi connectivity index (χ0v) is 21.4. The van der Waals surface area contributed by atoms with Crippen molar-refractivity contribution >= 4 is 50.2 Å². The number of likely N-dealkylation sites (tertiary alicyclic amines) is 1. The molecule has 0 bridgehead atoms. The molecule has 0 aliphatic carbocycles. The molecular formula is C24H26B3FN4O4S. The van der Waals surface area contributed by atoms with Crippen LogP contribution in [-0.2, 0) is 10.0 Å². The molecular weight excluding hydrogens is 492 g/mol. The Morgan fingerprint density at radius 2 is 1.84 bits per heavy atom. The fourth-order valence-electron chi connectivity index (χ4n) is 4.22. The Kier molecular flexibility index (Phi) is 8.33. The van der Waals surface area contributed by atoms with Gasteiger partial charge in [-0.25, -0.2) is 22.8 Å². The zero-order chi connectivity index (χ0) is 26.6. The summed E-state index contributed by atoms with van der Waals surface area (Å²) in [6.07, 6.45) is 6.00. The summed E-state index contributed by atoms with van der Waals surface area (Å²) < 4.78 is 50.3. The number of hydrogen-bond donors (Lipinski definition) is 1. The van der Waals surface area contributed by atoms with Crippen molar-refractivity contribution in [2.24, 2.45) is 0 Å². The molecule has 0 atom stereocenters. The number of piperidine rings is 1. The number of hydrogen-bond acceptors (Lipinski definition) is 7. The molecule has 3 aromatic rings. The molecule has 1 N–H and O–H groups in total. The van der Waals surface area contributed by atoms with Gasteiger partial charge in [-0.3, -0.25) is 4.72 Å². The number of halogens is 1. The lowest BCUT2D eigenvalue weighted by molar-refractivity contribution is 0.203. The smallest absolute Gasteiger partial charge is 0.214 e. The maximum Gasteiger partial charge on any atom is 0.214 e. The van der Waals surface area contributed by atoms with E-state index in [-0.39, 0.29) is 11.3 Å². The summed E-state index contributed by atoms with van der Waals surface area (Å²) in [5, 5.41) is 0.539. The third-order valence-electron chi connectivity index (χ3n) is 6.19. The first kappa shape index (κ1) is 27.3. The normalized spacial score (nSPS) is 15.0. The standard InChI is InChI=1S/C24H26B3FN4O4S/c1-35-21-13-18-20(14-22(21)36-11-5-10-32-8-3-2-4-9-32)29-15-30-23(18)17-7-6-16(12-19(17)28)31-37(33,34)24(25,26)27/h6-7,12-15,31H,2-5,8-11H2,1H3. The zero-order valence-electron chi connectivity index (χ0n) is 20.6. The highest BCUT2D eigenvalue weighted by Gasteiger charge is 2.27. The highest BCUT2D eigenvalue weighted by Crippen LogP contribution is 2.36. The Balaban J connectivity index is 1.55. The van der Waals surface area contributed by atoms with Gasteiger partial charge in [0, 0.05) is 23.6 Å². The summed E-state index contributed by atoms with van der Waals surface area (Å²) in [6.45, 7) is 3.78. The topological polar surface area (TPSA) is 93.7 Å². The van der Waals surface area contributed by atoms with Crippen LogP contribution in [0.2, 0.25) is 0 Å². The van der Waals surface area contributed by atoms with E-state index in [1.807, 2.05) is 0 Å². The molecule has 1 aliphatic rings. The lowest BCUT2D eigenvalue weighted by Gasteiger charge is -2.26. The molecule has 1 aromatic heterocycles. The van der Waals surface area contributed by atoms with Gasteiger partial charge in [0.25, 0.3) is 0 Å². The largest absolute Gasteiger partial charge is 0.493 e. The molecule has 8 nitrogen and oxygen atoms in total. The Hall–Kier alpha value is -2.79. The Morgan fingerprint density at radius 1 is 1.08 bits per heavy atom. The fraction of sp³-hybridized carbons (Fsp3) is 0.417. The molecule has 2 aromatic carbocycles. The van der Waals surface area contributed by atoms with Crippen LogP contribution < -0.4 is 14.2 Å². The van der Waals surface area contributed by atoms with Crippen molar-refractivity contribution < 1.29 is 22.3 Å². The van der Waals surface area contributed by atoms with E-state index in [4.69, 9.17) is 33.0 Å². The number of ether oxygens (including phenoxy) is 2. The van der Waals surface area contributed by atoms with Crippen LogP contribution in [0.25, 0.3) is 22.2 Å². The molecule has 37 heavy (non-hydrogen) atoms. The molecule has 1 fully saturated rings. The van der Waals surface area contributed by atoms with Gasteiger partial charge in [0.15, 0.2) is 11.5 Å². The van der Waals surface area contributed by atoms with Gasteiger partial charge < -0.3 is 14.4 Å². The van der Waals surface area contributed by atoms with E-state index in [2.05, 4.69) is 19.6 Å². The number of nitrogens with one attached hydrogen (secondary N) is 1. The van der Waals surface area contributed by atoms with Crippen LogP contribution in [0.3, 0.4) is 0 Å². The fourth-order valence-corrected chi connectivity index (χ4v) is 4.83. The highest BCUT2D eigenvalue weighted by molar-refractivity contribution is 7.98. The average Bonchev–Trinajstić information content (AvgIpc) is 2.85. The molecule has 6 radical (unpaired) electrons. The summed E-state index contributed by atoms with van der Waals surface area (Å²) >= 11 is 0. The van der Waals surface area contributed by atoms with Gasteiger partial charge in [-0.2, -0.15) is 0 Å². The monoisotopic (exact) mass is 518 g/mol. The SMILES string of the molecule is [B]C([B])([B])S(=O)(=O)Nc1ccc(-c2ncnc3cc(OCCCN4CCCCC4)c(OC)cc23)c(F)c1. The van der Waals surface area contributed by atoms with E-state index in [0.717, 1.165) is 32.1 Å². The Labute approximate surface area is 220 Å². The van der Waals surface area contributed by atoms with E-state index < -0.39 is 20.3 Å². The molecule has 13 heteroatoms. The van der Waals surface area contributed by atoms with Crippen molar-refractivity contribution in [1.29, 1.82) is 0 Å². The second kappa shape index (κ2) is 11.3. The van der Waals surface area contributed by atoms with Gasteiger partial charge in [0.05, 0.1) is 54.2 Å². The van der Waals surface area contributed by atoms with Gasteiger partial charge in [-0.15, -0.1) is 0 Å². The van der Waals surface area contributed by atoms with E-state index in [9.17, 15) is 8.42 Å². The van der Waals surface area contributed by atoms with Crippen LogP contribution in [0.1, 0.15) is 25.7 Å². The van der Waals surface area contributed by atoms with Crippen LogP contribution in [0.4, 0.5) is 10.1 Å². The number of aromatic nitrogens is 2. The van der Waals surface area contributed by atoms with Gasteiger partial charge >= 0.3 is 0 Å². The first-order valence-corrected chi connectivity index (χ1v) is 13.4. The van der Waals surface area contributed by atoms with Crippen molar-refractivity contribution in [2.75, 3.05) is 38.1 Å². The van der Waals surface area contributed by atoms with Crippen LogP contribution in [0, 0.1) is 5.82 Å². The first-order valence-electron chi connectivity index (χ1n) is 12.0. The van der Waals surface area contributed by atoms with Crippen molar-refractivity contribution in [3.05, 3.63) is 42.5 Å². The molecule has 0 amide bonds. The maximum atomic E-state index is 15.1. The molecule has 188 valence electrons. The molecule has 4 rings (SSSR count). The number of methoxy groups -OCH3 is 1. The molecule has 1 saturated heterocycles. The number of fused-ring (bicyclic) bond motifs is 1. The molecule has 0 unspecified atom stereocenters. The van der Waals surface area contributed by atoms with Gasteiger partial charge in [-0.05, 0) is 61.1 Å². The number of anilines is 1. The Morgan fingerprint density at radius 3 is 2.51 bits per heavy atom. The van der Waals surface area contributed by atoms with Gasteiger partial charge in [0.2, 0.25) is 10.0 Å². The third-order valence-corrected chi connectivity index (χ3v) is 7.62. The lowest BCUT2D eigenvalue weighted by Crippen LogP contribution is -2.44. The third kappa shape index (κ3) is 6.38. The number of rotatable bonds is 10. The molecule has 1 aliphatic heterocycles. The summed E-state index contributed by atoms with van der Waals surface area (Å²) in [5.74, 6) is 0.280. The second-order valence-electron chi connectivity index (χ2n) is 9.00. The van der Waals surface area contributed by atoms with E-state index in [1.54, 1.807) is 12.1 Å². The number of nitrogens with zero attached hydrogens (tertiary/aromatic N) is 3.